The molecule has 6 nitrogen and oxygen atoms in total. The molecule has 2 rings (SSSR count). The van der Waals surface area contributed by atoms with E-state index in [2.05, 4.69) is 39.0 Å². The van der Waals surface area contributed by atoms with Crippen LogP contribution in [0.2, 0.25) is 0 Å². The number of nitrogens with one attached hydrogen (secondary N) is 1. The van der Waals surface area contributed by atoms with E-state index in [-0.39, 0.29) is 0 Å². The van der Waals surface area contributed by atoms with Gasteiger partial charge in [-0.3, -0.25) is 0 Å². The monoisotopic (exact) mass is 237 g/mol. The smallest absolute Gasteiger partial charge is 0.322 e. The van der Waals surface area contributed by atoms with Gasteiger partial charge >= 0.3 is 6.01 Å². The molecule has 0 radical (unpaired) electrons. The van der Waals surface area contributed by atoms with Gasteiger partial charge in [-0.05, 0) is 19.3 Å². The van der Waals surface area contributed by atoms with Gasteiger partial charge in [0.15, 0.2) is 0 Å². The standard InChI is InChI=1S/C11H19N5O/c1-7-5-8(2)16(6-7)10-13-9(12-3)14-11(15-10)17-4/h7-8H,5-6H2,1-4H3,(H,12,13,14,15). The van der Waals surface area contributed by atoms with Gasteiger partial charge in [0.2, 0.25) is 11.9 Å². The van der Waals surface area contributed by atoms with Crippen molar-refractivity contribution < 1.29 is 4.74 Å². The van der Waals surface area contributed by atoms with Crippen molar-refractivity contribution in [3.63, 3.8) is 0 Å². The van der Waals surface area contributed by atoms with Gasteiger partial charge in [-0.2, -0.15) is 15.0 Å². The third-order valence-electron chi connectivity index (χ3n) is 3.05. The van der Waals surface area contributed by atoms with Gasteiger partial charge in [0, 0.05) is 19.6 Å². The molecule has 17 heavy (non-hydrogen) atoms. The quantitative estimate of drug-likeness (QED) is 0.851. The Hall–Kier alpha value is -1.59. The van der Waals surface area contributed by atoms with Crippen LogP contribution in [0.4, 0.5) is 11.9 Å². The lowest BCUT2D eigenvalue weighted by molar-refractivity contribution is 0.378. The average molecular weight is 237 g/mol. The molecule has 2 atom stereocenters. The number of nitrogens with zero attached hydrogens (tertiary/aromatic N) is 4. The molecule has 94 valence electrons. The molecule has 0 bridgehead atoms. The third kappa shape index (κ3) is 2.40. The van der Waals surface area contributed by atoms with Crippen LogP contribution in [0.15, 0.2) is 0 Å². The number of anilines is 2. The summed E-state index contributed by atoms with van der Waals surface area (Å²) in [7, 11) is 3.35. The van der Waals surface area contributed by atoms with Crippen LogP contribution in [0.3, 0.4) is 0 Å². The highest BCUT2D eigenvalue weighted by Gasteiger charge is 2.28. The molecule has 0 amide bonds. The van der Waals surface area contributed by atoms with Crippen LogP contribution in [0.1, 0.15) is 20.3 Å². The molecule has 1 aliphatic heterocycles. The molecule has 0 spiro atoms. The zero-order valence-corrected chi connectivity index (χ0v) is 10.8. The van der Waals surface area contributed by atoms with Crippen LogP contribution in [-0.2, 0) is 0 Å². The highest BCUT2D eigenvalue weighted by molar-refractivity contribution is 5.40. The van der Waals surface area contributed by atoms with Crippen LogP contribution in [0.25, 0.3) is 0 Å². The second kappa shape index (κ2) is 4.73. The molecule has 2 unspecified atom stereocenters. The Kier molecular flexibility index (Phi) is 3.31. The number of hydrogen-bond donors (Lipinski definition) is 1. The van der Waals surface area contributed by atoms with E-state index in [0.29, 0.717) is 29.9 Å². The number of ether oxygens (including phenoxy) is 1. The van der Waals surface area contributed by atoms with Crippen molar-refractivity contribution in [1.29, 1.82) is 0 Å². The largest absolute Gasteiger partial charge is 0.467 e. The second-order valence-corrected chi connectivity index (χ2v) is 4.54. The summed E-state index contributed by atoms with van der Waals surface area (Å²) in [6.07, 6.45) is 1.17. The summed E-state index contributed by atoms with van der Waals surface area (Å²) in [5.41, 5.74) is 0. The summed E-state index contributed by atoms with van der Waals surface area (Å²) in [6.45, 7) is 5.42. The van der Waals surface area contributed by atoms with Crippen molar-refractivity contribution in [2.24, 2.45) is 5.92 Å². The van der Waals surface area contributed by atoms with Crippen LogP contribution in [0.5, 0.6) is 6.01 Å². The van der Waals surface area contributed by atoms with Gasteiger partial charge in [0.1, 0.15) is 0 Å². The lowest BCUT2D eigenvalue weighted by Crippen LogP contribution is -2.29. The topological polar surface area (TPSA) is 63.2 Å². The zero-order valence-electron chi connectivity index (χ0n) is 10.8. The molecule has 2 heterocycles. The third-order valence-corrected chi connectivity index (χ3v) is 3.05. The highest BCUT2D eigenvalue weighted by atomic mass is 16.5. The first-order chi connectivity index (χ1) is 8.13. The van der Waals surface area contributed by atoms with E-state index in [9.17, 15) is 0 Å². The molecular weight excluding hydrogens is 218 g/mol. The van der Waals surface area contributed by atoms with Gasteiger partial charge in [-0.1, -0.05) is 6.92 Å². The first-order valence-corrected chi connectivity index (χ1v) is 5.88. The van der Waals surface area contributed by atoms with Crippen molar-refractivity contribution in [1.82, 2.24) is 15.0 Å². The Balaban J connectivity index is 2.31. The van der Waals surface area contributed by atoms with Crippen LogP contribution < -0.4 is 15.0 Å². The van der Waals surface area contributed by atoms with Gasteiger partial charge in [-0.25, -0.2) is 0 Å². The Morgan fingerprint density at radius 2 is 2.06 bits per heavy atom. The second-order valence-electron chi connectivity index (χ2n) is 4.54. The minimum Gasteiger partial charge on any atom is -0.467 e. The molecule has 1 aromatic heterocycles. The van der Waals surface area contributed by atoms with Crippen molar-refractivity contribution in [3.05, 3.63) is 0 Å². The lowest BCUT2D eigenvalue weighted by Gasteiger charge is -2.21. The van der Waals surface area contributed by atoms with E-state index in [1.165, 1.54) is 6.42 Å². The maximum Gasteiger partial charge on any atom is 0.322 e. The zero-order chi connectivity index (χ0) is 12.4. The molecule has 0 aromatic carbocycles. The summed E-state index contributed by atoms with van der Waals surface area (Å²) < 4.78 is 5.09. The minimum atomic E-state index is 0.353. The minimum absolute atomic E-state index is 0.353. The van der Waals surface area contributed by atoms with Crippen molar-refractivity contribution in [2.45, 2.75) is 26.3 Å². The molecule has 6 heteroatoms. The first kappa shape index (κ1) is 11.9. The number of methoxy groups -OCH3 is 1. The molecule has 0 saturated carbocycles. The van der Waals surface area contributed by atoms with Crippen molar-refractivity contribution in [2.75, 3.05) is 30.9 Å². The number of rotatable bonds is 3. The summed E-state index contributed by atoms with van der Waals surface area (Å²) in [4.78, 5) is 15.0. The van der Waals surface area contributed by atoms with E-state index < -0.39 is 0 Å². The van der Waals surface area contributed by atoms with E-state index in [1.54, 1.807) is 14.2 Å². The summed E-state index contributed by atoms with van der Waals surface area (Å²) >= 11 is 0. The van der Waals surface area contributed by atoms with Crippen LogP contribution in [-0.4, -0.2) is 41.7 Å². The van der Waals surface area contributed by atoms with Crippen LogP contribution >= 0.6 is 0 Å². The van der Waals surface area contributed by atoms with E-state index in [0.717, 1.165) is 6.54 Å². The van der Waals surface area contributed by atoms with E-state index in [1.807, 2.05) is 0 Å². The van der Waals surface area contributed by atoms with Gasteiger partial charge in [-0.15, -0.1) is 0 Å². The first-order valence-electron chi connectivity index (χ1n) is 5.88. The number of aromatic nitrogens is 3. The van der Waals surface area contributed by atoms with Crippen molar-refractivity contribution in [3.8, 4) is 6.01 Å². The Labute approximate surface area is 101 Å². The van der Waals surface area contributed by atoms with Crippen LogP contribution in [0, 0.1) is 5.92 Å². The molecule has 1 fully saturated rings. The molecule has 0 aliphatic carbocycles. The SMILES string of the molecule is CNc1nc(OC)nc(N2CC(C)CC2C)n1. The molecular formula is C11H19N5O. The predicted molar refractivity (Wildman–Crippen MR) is 66.5 cm³/mol. The average Bonchev–Trinajstić information content (AvgIpc) is 2.67. The normalized spacial score (nSPS) is 23.9. The molecule has 1 N–H and O–H groups in total. The molecule has 1 aromatic rings. The fourth-order valence-electron chi connectivity index (χ4n) is 2.26. The van der Waals surface area contributed by atoms with Gasteiger partial charge in [0.05, 0.1) is 7.11 Å². The molecule has 1 aliphatic rings. The van der Waals surface area contributed by atoms with Gasteiger partial charge < -0.3 is 15.0 Å². The lowest BCUT2D eigenvalue weighted by atomic mass is 10.1. The molecule has 1 saturated heterocycles. The highest BCUT2D eigenvalue weighted by Crippen LogP contribution is 2.27. The van der Waals surface area contributed by atoms with Gasteiger partial charge in [0.25, 0.3) is 0 Å². The maximum atomic E-state index is 5.09. The maximum absolute atomic E-state index is 5.09. The fraction of sp³-hybridized carbons (Fsp3) is 0.727. The number of hydrogen-bond acceptors (Lipinski definition) is 6. The predicted octanol–water partition coefficient (Wildman–Crippen LogP) is 1.16. The Morgan fingerprint density at radius 1 is 1.29 bits per heavy atom. The Bertz CT molecular complexity index is 375. The van der Waals surface area contributed by atoms with E-state index >= 15 is 0 Å². The summed E-state index contributed by atoms with van der Waals surface area (Å²) in [6, 6.07) is 0.813. The Morgan fingerprint density at radius 3 is 2.59 bits per heavy atom. The van der Waals surface area contributed by atoms with Crippen molar-refractivity contribution >= 4 is 11.9 Å². The summed E-state index contributed by atoms with van der Waals surface area (Å²) in [5, 5.41) is 2.92. The van der Waals surface area contributed by atoms with E-state index in [4.69, 9.17) is 4.74 Å². The fourth-order valence-corrected chi connectivity index (χ4v) is 2.26. The summed E-state index contributed by atoms with van der Waals surface area (Å²) in [5.74, 6) is 1.91.